The Morgan fingerprint density at radius 2 is 1.86 bits per heavy atom. The van der Waals surface area contributed by atoms with Crippen LogP contribution in [0.3, 0.4) is 0 Å². The first-order chi connectivity index (χ1) is 3.22. The summed E-state index contributed by atoms with van der Waals surface area (Å²) in [5.74, 6) is 0.829. The van der Waals surface area contributed by atoms with E-state index in [0.717, 1.165) is 18.0 Å². The Morgan fingerprint density at radius 3 is 1.86 bits per heavy atom. The minimum atomic E-state index is 0.792. The molecule has 0 aromatic carbocycles. The number of hydrogen-bond acceptors (Lipinski definition) is 1. The van der Waals surface area contributed by atoms with Gasteiger partial charge in [-0.05, 0) is 12.8 Å². The molecule has 1 heterocycles. The van der Waals surface area contributed by atoms with Crippen LogP contribution in [0.25, 0.3) is 0 Å². The summed E-state index contributed by atoms with van der Waals surface area (Å²) >= 11 is 0. The van der Waals surface area contributed by atoms with Crippen LogP contribution >= 0.6 is 0 Å². The molecule has 0 bridgehead atoms. The summed E-state index contributed by atoms with van der Waals surface area (Å²) in [5, 5.41) is 3.33. The van der Waals surface area contributed by atoms with E-state index in [0.29, 0.717) is 0 Å². The van der Waals surface area contributed by atoms with Crippen LogP contribution in [0.2, 0.25) is 0 Å². The van der Waals surface area contributed by atoms with Gasteiger partial charge in [-0.2, -0.15) is 0 Å². The van der Waals surface area contributed by atoms with Gasteiger partial charge in [-0.3, -0.25) is 0 Å². The van der Waals surface area contributed by atoms with Crippen molar-refractivity contribution >= 4 is 0 Å². The largest absolute Gasteiger partial charge is 0.308 e. The van der Waals surface area contributed by atoms with E-state index in [4.69, 9.17) is 0 Å². The third-order valence-corrected chi connectivity index (χ3v) is 1.60. The fourth-order valence-electron chi connectivity index (χ4n) is 1.02. The van der Waals surface area contributed by atoms with Crippen LogP contribution < -0.4 is 5.32 Å². The summed E-state index contributed by atoms with van der Waals surface area (Å²) in [6, 6.07) is 1.61. The molecule has 2 atom stereocenters. The van der Waals surface area contributed by atoms with Gasteiger partial charge in [0.25, 0.3) is 0 Å². The van der Waals surface area contributed by atoms with Crippen LogP contribution in [0.1, 0.15) is 20.8 Å². The SMILES string of the molecule is CC(C)[C@@H]1N[C@H]1C. The predicted octanol–water partition coefficient (Wildman–Crippen LogP) is 1.00. The first-order valence-corrected chi connectivity index (χ1v) is 2.98. The third kappa shape index (κ3) is 0.942. The number of hydrogen-bond donors (Lipinski definition) is 1. The van der Waals surface area contributed by atoms with E-state index >= 15 is 0 Å². The van der Waals surface area contributed by atoms with Crippen LogP contribution in [-0.2, 0) is 0 Å². The quantitative estimate of drug-likeness (QED) is 0.487. The summed E-state index contributed by atoms with van der Waals surface area (Å²) in [6.45, 7) is 6.73. The molecule has 1 aliphatic rings. The van der Waals surface area contributed by atoms with Gasteiger partial charge in [0, 0.05) is 12.1 Å². The van der Waals surface area contributed by atoms with E-state index in [-0.39, 0.29) is 0 Å². The van der Waals surface area contributed by atoms with Crippen LogP contribution in [0, 0.1) is 5.92 Å². The van der Waals surface area contributed by atoms with Crippen LogP contribution in [0.15, 0.2) is 0 Å². The van der Waals surface area contributed by atoms with Crippen molar-refractivity contribution < 1.29 is 0 Å². The zero-order chi connectivity index (χ0) is 5.44. The van der Waals surface area contributed by atoms with Gasteiger partial charge in [-0.25, -0.2) is 0 Å². The lowest BCUT2D eigenvalue weighted by molar-refractivity contribution is 0.621. The molecule has 0 spiro atoms. The molecule has 1 heteroatoms. The highest BCUT2D eigenvalue weighted by molar-refractivity contribution is 4.95. The second-order valence-electron chi connectivity index (χ2n) is 2.73. The highest BCUT2D eigenvalue weighted by Crippen LogP contribution is 2.17. The molecular formula is C6H13N. The third-order valence-electron chi connectivity index (χ3n) is 1.60. The smallest absolute Gasteiger partial charge is 0.0244 e. The molecular weight excluding hydrogens is 86.1 g/mol. The number of nitrogens with one attached hydrogen (secondary N) is 1. The van der Waals surface area contributed by atoms with E-state index in [1.54, 1.807) is 0 Å². The van der Waals surface area contributed by atoms with Gasteiger partial charge in [-0.1, -0.05) is 13.8 Å². The molecule has 1 rings (SSSR count). The molecule has 0 radical (unpaired) electrons. The minimum absolute atomic E-state index is 0.792. The molecule has 0 aromatic rings. The summed E-state index contributed by atoms with van der Waals surface area (Å²) in [4.78, 5) is 0. The first-order valence-electron chi connectivity index (χ1n) is 2.98. The predicted molar refractivity (Wildman–Crippen MR) is 31.2 cm³/mol. The molecule has 0 aliphatic carbocycles. The van der Waals surface area contributed by atoms with Gasteiger partial charge in [-0.15, -0.1) is 0 Å². The lowest BCUT2D eigenvalue weighted by Gasteiger charge is -1.94. The number of rotatable bonds is 1. The van der Waals surface area contributed by atoms with Crippen molar-refractivity contribution in [1.29, 1.82) is 0 Å². The minimum Gasteiger partial charge on any atom is -0.308 e. The Morgan fingerprint density at radius 1 is 1.43 bits per heavy atom. The fourth-order valence-corrected chi connectivity index (χ4v) is 1.02. The van der Waals surface area contributed by atoms with E-state index in [9.17, 15) is 0 Å². The monoisotopic (exact) mass is 99.1 g/mol. The molecule has 1 aliphatic heterocycles. The molecule has 0 saturated carbocycles. The Labute approximate surface area is 45.1 Å². The van der Waals surface area contributed by atoms with E-state index in [1.807, 2.05) is 0 Å². The topological polar surface area (TPSA) is 21.9 Å². The highest BCUT2D eigenvalue weighted by atomic mass is 15.1. The molecule has 42 valence electrons. The van der Waals surface area contributed by atoms with Crippen molar-refractivity contribution in [3.63, 3.8) is 0 Å². The van der Waals surface area contributed by atoms with Gasteiger partial charge in [0.15, 0.2) is 0 Å². The van der Waals surface area contributed by atoms with Crippen LogP contribution in [0.4, 0.5) is 0 Å². The zero-order valence-electron chi connectivity index (χ0n) is 5.23. The average Bonchev–Trinajstić information content (AvgIpc) is 2.17. The average molecular weight is 99.2 g/mol. The molecule has 1 nitrogen and oxygen atoms in total. The van der Waals surface area contributed by atoms with Crippen molar-refractivity contribution in [2.24, 2.45) is 5.92 Å². The maximum absolute atomic E-state index is 3.33. The lowest BCUT2D eigenvalue weighted by Crippen LogP contribution is -2.00. The Bertz CT molecular complexity index is 68.6. The maximum Gasteiger partial charge on any atom is 0.0244 e. The first kappa shape index (κ1) is 5.10. The molecule has 1 N–H and O–H groups in total. The Balaban J connectivity index is 2.20. The normalized spacial score (nSPS) is 39.4. The van der Waals surface area contributed by atoms with Crippen molar-refractivity contribution in [2.45, 2.75) is 32.9 Å². The van der Waals surface area contributed by atoms with Crippen molar-refractivity contribution in [3.8, 4) is 0 Å². The second kappa shape index (κ2) is 1.48. The van der Waals surface area contributed by atoms with E-state index in [2.05, 4.69) is 26.1 Å². The standard InChI is InChI=1S/C6H13N/c1-4(2)6-5(3)7-6/h4-7H,1-3H3/t5-,6-/m0/s1. The Kier molecular flexibility index (Phi) is 1.08. The van der Waals surface area contributed by atoms with Crippen molar-refractivity contribution in [2.75, 3.05) is 0 Å². The van der Waals surface area contributed by atoms with Crippen molar-refractivity contribution in [1.82, 2.24) is 5.32 Å². The van der Waals surface area contributed by atoms with E-state index < -0.39 is 0 Å². The summed E-state index contributed by atoms with van der Waals surface area (Å²) in [7, 11) is 0. The summed E-state index contributed by atoms with van der Waals surface area (Å²) in [6.07, 6.45) is 0. The van der Waals surface area contributed by atoms with Gasteiger partial charge in [0.2, 0.25) is 0 Å². The molecule has 0 unspecified atom stereocenters. The zero-order valence-corrected chi connectivity index (χ0v) is 5.23. The highest BCUT2D eigenvalue weighted by Gasteiger charge is 2.33. The van der Waals surface area contributed by atoms with Crippen LogP contribution in [-0.4, -0.2) is 12.1 Å². The summed E-state index contributed by atoms with van der Waals surface area (Å²) in [5.41, 5.74) is 0. The molecule has 0 amide bonds. The van der Waals surface area contributed by atoms with Crippen molar-refractivity contribution in [3.05, 3.63) is 0 Å². The fraction of sp³-hybridized carbons (Fsp3) is 1.00. The summed E-state index contributed by atoms with van der Waals surface area (Å²) < 4.78 is 0. The van der Waals surface area contributed by atoms with Gasteiger partial charge in [0.05, 0.1) is 0 Å². The van der Waals surface area contributed by atoms with Gasteiger partial charge in [0.1, 0.15) is 0 Å². The maximum atomic E-state index is 3.33. The van der Waals surface area contributed by atoms with E-state index in [1.165, 1.54) is 0 Å². The molecule has 0 aromatic heterocycles. The lowest BCUT2D eigenvalue weighted by atomic mass is 10.1. The van der Waals surface area contributed by atoms with Gasteiger partial charge >= 0.3 is 0 Å². The second-order valence-corrected chi connectivity index (χ2v) is 2.73. The molecule has 1 saturated heterocycles. The Hall–Kier alpha value is -0.0400. The molecule has 7 heavy (non-hydrogen) atoms. The molecule has 1 fully saturated rings. The van der Waals surface area contributed by atoms with Gasteiger partial charge < -0.3 is 5.32 Å². The van der Waals surface area contributed by atoms with Crippen LogP contribution in [0.5, 0.6) is 0 Å².